The molecule has 1 amide bonds. The molecule has 3 nitrogen and oxygen atoms in total. The van der Waals surface area contributed by atoms with Crippen LogP contribution >= 0.6 is 15.9 Å². The zero-order valence-corrected chi connectivity index (χ0v) is 12.0. The average Bonchev–Trinajstić information content (AvgIpc) is 2.29. The number of carbonyl (C=O) groups is 1. The van der Waals surface area contributed by atoms with E-state index < -0.39 is 6.10 Å². The van der Waals surface area contributed by atoms with Crippen LogP contribution in [-0.4, -0.2) is 18.6 Å². The van der Waals surface area contributed by atoms with E-state index in [1.165, 1.54) is 0 Å². The Balaban J connectivity index is 2.61. The summed E-state index contributed by atoms with van der Waals surface area (Å²) in [6, 6.07) is 5.73. The Morgan fingerprint density at radius 1 is 1.53 bits per heavy atom. The lowest BCUT2D eigenvalue weighted by molar-refractivity contribution is -0.127. The van der Waals surface area contributed by atoms with Gasteiger partial charge in [-0.2, -0.15) is 0 Å². The van der Waals surface area contributed by atoms with E-state index in [-0.39, 0.29) is 5.91 Å². The molecule has 1 rings (SSSR count). The minimum atomic E-state index is -0.471. The Bertz CT molecular complexity index is 393. The van der Waals surface area contributed by atoms with E-state index in [0.717, 1.165) is 22.2 Å². The zero-order chi connectivity index (χ0) is 12.8. The summed E-state index contributed by atoms with van der Waals surface area (Å²) in [5.41, 5.74) is 1.01. The predicted molar refractivity (Wildman–Crippen MR) is 72.3 cm³/mol. The highest BCUT2D eigenvalue weighted by Crippen LogP contribution is 2.23. The van der Waals surface area contributed by atoms with Crippen molar-refractivity contribution in [2.24, 2.45) is 0 Å². The van der Waals surface area contributed by atoms with Crippen LogP contribution in [0.3, 0.4) is 0 Å². The Kier molecular flexibility index (Phi) is 5.48. The van der Waals surface area contributed by atoms with Crippen LogP contribution in [0.1, 0.15) is 25.8 Å². The first-order valence-electron chi connectivity index (χ1n) is 5.75. The molecule has 17 heavy (non-hydrogen) atoms. The molecule has 1 aromatic carbocycles. The number of benzene rings is 1. The van der Waals surface area contributed by atoms with Gasteiger partial charge < -0.3 is 10.1 Å². The second-order valence-electron chi connectivity index (χ2n) is 3.96. The Labute approximate surface area is 111 Å². The van der Waals surface area contributed by atoms with Gasteiger partial charge in [0.1, 0.15) is 5.75 Å². The Morgan fingerprint density at radius 2 is 2.24 bits per heavy atom. The number of hydrogen-bond acceptors (Lipinski definition) is 2. The van der Waals surface area contributed by atoms with Crippen LogP contribution in [0.25, 0.3) is 0 Å². The summed E-state index contributed by atoms with van der Waals surface area (Å²) < 4.78 is 6.63. The predicted octanol–water partition coefficient (Wildman–Crippen LogP) is 3.05. The molecule has 0 bridgehead atoms. The van der Waals surface area contributed by atoms with E-state index in [2.05, 4.69) is 21.2 Å². The lowest BCUT2D eigenvalue weighted by atomic mass is 10.2. The summed E-state index contributed by atoms with van der Waals surface area (Å²) in [5, 5.41) is 2.81. The standard InChI is InChI=1S/C13H18BrNO2/c1-4-7-15-13(16)10(3)17-12-6-5-11(14)8-9(12)2/h5-6,8,10H,4,7H2,1-3H3,(H,15,16). The Morgan fingerprint density at radius 3 is 2.82 bits per heavy atom. The molecule has 0 saturated heterocycles. The summed E-state index contributed by atoms with van der Waals surface area (Å²) in [6.45, 7) is 6.42. The molecule has 94 valence electrons. The van der Waals surface area contributed by atoms with Crippen molar-refractivity contribution in [3.05, 3.63) is 28.2 Å². The van der Waals surface area contributed by atoms with Gasteiger partial charge in [0.2, 0.25) is 0 Å². The van der Waals surface area contributed by atoms with Crippen molar-refractivity contribution in [1.29, 1.82) is 0 Å². The number of rotatable bonds is 5. The molecule has 0 aliphatic rings. The molecule has 1 unspecified atom stereocenters. The third kappa shape index (κ3) is 4.38. The van der Waals surface area contributed by atoms with Crippen LogP contribution in [0, 0.1) is 6.92 Å². The molecule has 1 aromatic rings. The molecular formula is C13H18BrNO2. The fraction of sp³-hybridized carbons (Fsp3) is 0.462. The van der Waals surface area contributed by atoms with Gasteiger partial charge in [0.15, 0.2) is 6.10 Å². The molecule has 0 spiro atoms. The fourth-order valence-electron chi connectivity index (χ4n) is 1.38. The number of amides is 1. The summed E-state index contributed by atoms with van der Waals surface area (Å²) >= 11 is 3.39. The maximum Gasteiger partial charge on any atom is 0.260 e. The molecule has 0 aliphatic carbocycles. The smallest absolute Gasteiger partial charge is 0.260 e. The van der Waals surface area contributed by atoms with Crippen LogP contribution in [0.5, 0.6) is 5.75 Å². The van der Waals surface area contributed by atoms with E-state index in [4.69, 9.17) is 4.74 Å². The molecule has 0 radical (unpaired) electrons. The fourth-order valence-corrected chi connectivity index (χ4v) is 1.86. The summed E-state index contributed by atoms with van der Waals surface area (Å²) in [5.74, 6) is 0.668. The van der Waals surface area contributed by atoms with Crippen LogP contribution in [-0.2, 0) is 4.79 Å². The highest BCUT2D eigenvalue weighted by atomic mass is 79.9. The number of hydrogen-bond donors (Lipinski definition) is 1. The van der Waals surface area contributed by atoms with Crippen molar-refractivity contribution < 1.29 is 9.53 Å². The quantitative estimate of drug-likeness (QED) is 0.907. The zero-order valence-electron chi connectivity index (χ0n) is 10.4. The van der Waals surface area contributed by atoms with Gasteiger partial charge in [-0.1, -0.05) is 22.9 Å². The topological polar surface area (TPSA) is 38.3 Å². The lowest BCUT2D eigenvalue weighted by Gasteiger charge is -2.16. The normalized spacial score (nSPS) is 12.0. The number of carbonyl (C=O) groups excluding carboxylic acids is 1. The minimum absolute atomic E-state index is 0.0748. The highest BCUT2D eigenvalue weighted by molar-refractivity contribution is 9.10. The van der Waals surface area contributed by atoms with E-state index in [1.54, 1.807) is 6.92 Å². The number of aryl methyl sites for hydroxylation is 1. The lowest BCUT2D eigenvalue weighted by Crippen LogP contribution is -2.36. The minimum Gasteiger partial charge on any atom is -0.481 e. The number of ether oxygens (including phenoxy) is 1. The van der Waals surface area contributed by atoms with Crippen molar-refractivity contribution in [2.75, 3.05) is 6.54 Å². The summed E-state index contributed by atoms with van der Waals surface area (Å²) in [6.07, 6.45) is 0.455. The molecule has 0 saturated carbocycles. The number of halogens is 1. The van der Waals surface area contributed by atoms with E-state index in [1.807, 2.05) is 32.0 Å². The van der Waals surface area contributed by atoms with Gasteiger partial charge in [-0.15, -0.1) is 0 Å². The summed E-state index contributed by atoms with van der Waals surface area (Å²) in [7, 11) is 0. The van der Waals surface area contributed by atoms with Gasteiger partial charge in [-0.25, -0.2) is 0 Å². The van der Waals surface area contributed by atoms with E-state index in [0.29, 0.717) is 6.54 Å². The van der Waals surface area contributed by atoms with Gasteiger partial charge in [0, 0.05) is 11.0 Å². The van der Waals surface area contributed by atoms with E-state index in [9.17, 15) is 4.79 Å². The van der Waals surface area contributed by atoms with Gasteiger partial charge in [0.05, 0.1) is 0 Å². The molecule has 0 aliphatic heterocycles. The maximum absolute atomic E-state index is 11.6. The maximum atomic E-state index is 11.6. The third-order valence-corrected chi connectivity index (χ3v) is 2.85. The van der Waals surface area contributed by atoms with Crippen LogP contribution in [0.15, 0.2) is 22.7 Å². The molecule has 1 N–H and O–H groups in total. The molecular weight excluding hydrogens is 282 g/mol. The first kappa shape index (κ1) is 14.0. The van der Waals surface area contributed by atoms with Crippen molar-refractivity contribution in [1.82, 2.24) is 5.32 Å². The van der Waals surface area contributed by atoms with Crippen molar-refractivity contribution in [3.8, 4) is 5.75 Å². The van der Waals surface area contributed by atoms with Gasteiger partial charge in [0.25, 0.3) is 5.91 Å². The summed E-state index contributed by atoms with van der Waals surface area (Å²) in [4.78, 5) is 11.6. The number of nitrogens with one attached hydrogen (secondary N) is 1. The monoisotopic (exact) mass is 299 g/mol. The van der Waals surface area contributed by atoms with Crippen LogP contribution in [0.2, 0.25) is 0 Å². The SMILES string of the molecule is CCCNC(=O)C(C)Oc1ccc(Br)cc1C. The second-order valence-corrected chi connectivity index (χ2v) is 4.88. The van der Waals surface area contributed by atoms with Crippen molar-refractivity contribution in [3.63, 3.8) is 0 Å². The second kappa shape index (κ2) is 6.64. The molecule has 4 heteroatoms. The highest BCUT2D eigenvalue weighted by Gasteiger charge is 2.14. The largest absolute Gasteiger partial charge is 0.481 e. The van der Waals surface area contributed by atoms with Crippen molar-refractivity contribution in [2.45, 2.75) is 33.3 Å². The van der Waals surface area contributed by atoms with Crippen molar-refractivity contribution >= 4 is 21.8 Å². The van der Waals surface area contributed by atoms with E-state index >= 15 is 0 Å². The Hall–Kier alpha value is -1.03. The third-order valence-electron chi connectivity index (χ3n) is 2.36. The molecule has 0 heterocycles. The first-order chi connectivity index (χ1) is 8.04. The first-order valence-corrected chi connectivity index (χ1v) is 6.54. The molecule has 0 aromatic heterocycles. The molecule has 1 atom stereocenters. The molecule has 0 fully saturated rings. The van der Waals surface area contributed by atoms with Crippen LogP contribution in [0.4, 0.5) is 0 Å². The van der Waals surface area contributed by atoms with Crippen LogP contribution < -0.4 is 10.1 Å². The average molecular weight is 300 g/mol. The van der Waals surface area contributed by atoms with Gasteiger partial charge >= 0.3 is 0 Å². The van der Waals surface area contributed by atoms with Gasteiger partial charge in [-0.3, -0.25) is 4.79 Å². The van der Waals surface area contributed by atoms with Gasteiger partial charge in [-0.05, 0) is 44.0 Å².